The van der Waals surface area contributed by atoms with Crippen molar-refractivity contribution in [1.29, 1.82) is 0 Å². The highest BCUT2D eigenvalue weighted by atomic mass is 32.1. The molecule has 0 spiro atoms. The Morgan fingerprint density at radius 2 is 2.09 bits per heavy atom. The number of aromatic nitrogens is 1. The summed E-state index contributed by atoms with van der Waals surface area (Å²) in [5.41, 5.74) is 1.19. The number of hydrogen-bond acceptors (Lipinski definition) is 4. The van der Waals surface area contributed by atoms with Crippen molar-refractivity contribution < 1.29 is 4.79 Å². The van der Waals surface area contributed by atoms with Crippen molar-refractivity contribution in [1.82, 2.24) is 10.3 Å². The Hall–Kier alpha value is -1.72. The predicted octanol–water partition coefficient (Wildman–Crippen LogP) is 3.74. The summed E-state index contributed by atoms with van der Waals surface area (Å²) in [5, 5.41) is 7.06. The van der Waals surface area contributed by atoms with Gasteiger partial charge in [0, 0.05) is 17.5 Å². The number of rotatable bonds is 5. The lowest BCUT2D eigenvalue weighted by Gasteiger charge is -2.20. The molecule has 1 amide bonds. The number of benzene rings is 1. The van der Waals surface area contributed by atoms with Crippen LogP contribution in [-0.2, 0) is 4.79 Å². The smallest absolute Gasteiger partial charge is 0.226 e. The molecular formula is C18H23N3OS. The van der Waals surface area contributed by atoms with Crippen LogP contribution in [0.5, 0.6) is 0 Å². The molecule has 1 atom stereocenters. The van der Waals surface area contributed by atoms with Crippen LogP contribution >= 0.6 is 11.3 Å². The summed E-state index contributed by atoms with van der Waals surface area (Å²) in [6.07, 6.45) is 4.71. The van der Waals surface area contributed by atoms with E-state index in [-0.39, 0.29) is 11.8 Å². The standard InChI is InChI=1S/C18H23N3OS/c1-13(14-5-3-2-4-6-14)11-17(22)21-18-20-12-16(23-18)15-7-9-19-10-8-15/h2-6,12-13,15,19H,7-11H2,1H3,(H,20,21,22). The Kier molecular flexibility index (Phi) is 5.41. The SMILES string of the molecule is CC(CC(=O)Nc1ncc(C2CCNCC2)s1)c1ccccc1. The lowest BCUT2D eigenvalue weighted by atomic mass is 9.97. The van der Waals surface area contributed by atoms with Crippen molar-refractivity contribution in [2.45, 2.75) is 38.0 Å². The molecule has 1 unspecified atom stereocenters. The first-order chi connectivity index (χ1) is 11.2. The van der Waals surface area contributed by atoms with E-state index < -0.39 is 0 Å². The molecule has 5 heteroatoms. The zero-order valence-electron chi connectivity index (χ0n) is 13.4. The topological polar surface area (TPSA) is 54.0 Å². The first-order valence-corrected chi connectivity index (χ1v) is 9.05. The molecule has 1 aromatic heterocycles. The summed E-state index contributed by atoms with van der Waals surface area (Å²) in [5.74, 6) is 0.829. The van der Waals surface area contributed by atoms with E-state index in [1.807, 2.05) is 24.4 Å². The number of amides is 1. The van der Waals surface area contributed by atoms with E-state index in [1.165, 1.54) is 10.4 Å². The Bertz CT molecular complexity index is 635. The first kappa shape index (κ1) is 16.1. The summed E-state index contributed by atoms with van der Waals surface area (Å²) in [4.78, 5) is 17.9. The molecule has 3 rings (SSSR count). The predicted molar refractivity (Wildman–Crippen MR) is 95.1 cm³/mol. The highest BCUT2D eigenvalue weighted by molar-refractivity contribution is 7.15. The van der Waals surface area contributed by atoms with Crippen molar-refractivity contribution in [3.63, 3.8) is 0 Å². The molecule has 0 aliphatic carbocycles. The quantitative estimate of drug-likeness (QED) is 0.878. The number of carbonyl (C=O) groups is 1. The second kappa shape index (κ2) is 7.70. The van der Waals surface area contributed by atoms with Gasteiger partial charge in [-0.3, -0.25) is 4.79 Å². The van der Waals surface area contributed by atoms with Gasteiger partial charge in [-0.15, -0.1) is 11.3 Å². The minimum Gasteiger partial charge on any atom is -0.317 e. The normalized spacial score (nSPS) is 16.9. The maximum Gasteiger partial charge on any atom is 0.226 e. The van der Waals surface area contributed by atoms with E-state index in [0.29, 0.717) is 12.3 Å². The summed E-state index contributed by atoms with van der Waals surface area (Å²) < 4.78 is 0. The molecule has 0 saturated carbocycles. The highest BCUT2D eigenvalue weighted by Gasteiger charge is 2.19. The minimum absolute atomic E-state index is 0.0348. The molecule has 0 radical (unpaired) electrons. The third-order valence-corrected chi connectivity index (χ3v) is 5.45. The van der Waals surface area contributed by atoms with E-state index in [4.69, 9.17) is 0 Å². The van der Waals surface area contributed by atoms with Gasteiger partial charge in [-0.2, -0.15) is 0 Å². The molecule has 2 aromatic rings. The van der Waals surface area contributed by atoms with E-state index in [9.17, 15) is 4.79 Å². The molecule has 0 bridgehead atoms. The maximum atomic E-state index is 12.2. The zero-order chi connectivity index (χ0) is 16.1. The van der Waals surface area contributed by atoms with Crippen molar-refractivity contribution in [2.75, 3.05) is 18.4 Å². The summed E-state index contributed by atoms with van der Waals surface area (Å²) in [6.45, 7) is 4.22. The zero-order valence-corrected chi connectivity index (χ0v) is 14.2. The largest absolute Gasteiger partial charge is 0.317 e. The minimum atomic E-state index is 0.0348. The van der Waals surface area contributed by atoms with Crippen LogP contribution in [-0.4, -0.2) is 24.0 Å². The van der Waals surface area contributed by atoms with Gasteiger partial charge < -0.3 is 10.6 Å². The van der Waals surface area contributed by atoms with Crippen LogP contribution in [0.25, 0.3) is 0 Å². The number of anilines is 1. The van der Waals surface area contributed by atoms with E-state index in [1.54, 1.807) is 11.3 Å². The third kappa shape index (κ3) is 4.39. The Morgan fingerprint density at radius 3 is 2.83 bits per heavy atom. The lowest BCUT2D eigenvalue weighted by molar-refractivity contribution is -0.116. The Morgan fingerprint density at radius 1 is 1.35 bits per heavy atom. The van der Waals surface area contributed by atoms with Gasteiger partial charge in [0.1, 0.15) is 0 Å². The number of thiazole rings is 1. The molecule has 122 valence electrons. The fraction of sp³-hybridized carbons (Fsp3) is 0.444. The van der Waals surface area contributed by atoms with Crippen LogP contribution < -0.4 is 10.6 Å². The molecule has 1 fully saturated rings. The van der Waals surface area contributed by atoms with E-state index in [2.05, 4.69) is 34.7 Å². The molecule has 1 aliphatic heterocycles. The van der Waals surface area contributed by atoms with Crippen LogP contribution in [0.2, 0.25) is 0 Å². The highest BCUT2D eigenvalue weighted by Crippen LogP contribution is 2.32. The van der Waals surface area contributed by atoms with Crippen LogP contribution in [0.1, 0.15) is 48.5 Å². The number of nitrogens with one attached hydrogen (secondary N) is 2. The van der Waals surface area contributed by atoms with Crippen molar-refractivity contribution in [3.05, 3.63) is 47.0 Å². The van der Waals surface area contributed by atoms with E-state index >= 15 is 0 Å². The fourth-order valence-electron chi connectivity index (χ4n) is 2.99. The van der Waals surface area contributed by atoms with Gasteiger partial charge in [0.25, 0.3) is 0 Å². The van der Waals surface area contributed by atoms with Gasteiger partial charge in [-0.05, 0) is 43.3 Å². The molecule has 4 nitrogen and oxygen atoms in total. The van der Waals surface area contributed by atoms with Gasteiger partial charge in [-0.25, -0.2) is 4.98 Å². The van der Waals surface area contributed by atoms with Gasteiger partial charge in [0.2, 0.25) is 5.91 Å². The van der Waals surface area contributed by atoms with Crippen LogP contribution in [0.4, 0.5) is 5.13 Å². The molecule has 2 N–H and O–H groups in total. The van der Waals surface area contributed by atoms with Gasteiger partial charge >= 0.3 is 0 Å². The van der Waals surface area contributed by atoms with Crippen molar-refractivity contribution >= 4 is 22.4 Å². The van der Waals surface area contributed by atoms with E-state index in [0.717, 1.165) is 31.1 Å². The maximum absolute atomic E-state index is 12.2. The van der Waals surface area contributed by atoms with Crippen LogP contribution in [0.15, 0.2) is 36.5 Å². The Labute approximate surface area is 141 Å². The van der Waals surface area contributed by atoms with Crippen LogP contribution in [0, 0.1) is 0 Å². The van der Waals surface area contributed by atoms with Gasteiger partial charge in [0.15, 0.2) is 5.13 Å². The van der Waals surface area contributed by atoms with Crippen molar-refractivity contribution in [2.24, 2.45) is 0 Å². The van der Waals surface area contributed by atoms with Gasteiger partial charge in [0.05, 0.1) is 0 Å². The van der Waals surface area contributed by atoms with Gasteiger partial charge in [-0.1, -0.05) is 37.3 Å². The number of piperidine rings is 1. The Balaban J connectivity index is 1.54. The fourth-order valence-corrected chi connectivity index (χ4v) is 3.99. The molecular weight excluding hydrogens is 306 g/mol. The molecule has 1 aliphatic rings. The van der Waals surface area contributed by atoms with Crippen LogP contribution in [0.3, 0.4) is 0 Å². The lowest BCUT2D eigenvalue weighted by Crippen LogP contribution is -2.26. The third-order valence-electron chi connectivity index (χ3n) is 4.37. The number of carbonyl (C=O) groups excluding carboxylic acids is 1. The average Bonchev–Trinajstić information content (AvgIpc) is 3.04. The first-order valence-electron chi connectivity index (χ1n) is 8.23. The summed E-state index contributed by atoms with van der Waals surface area (Å²) >= 11 is 1.62. The summed E-state index contributed by atoms with van der Waals surface area (Å²) in [7, 11) is 0. The molecule has 1 saturated heterocycles. The second-order valence-electron chi connectivity index (χ2n) is 6.16. The molecule has 23 heavy (non-hydrogen) atoms. The number of hydrogen-bond donors (Lipinski definition) is 2. The molecule has 2 heterocycles. The molecule has 1 aromatic carbocycles. The number of nitrogens with zero attached hydrogens (tertiary/aromatic N) is 1. The second-order valence-corrected chi connectivity index (χ2v) is 7.22. The average molecular weight is 329 g/mol. The summed E-state index contributed by atoms with van der Waals surface area (Å²) in [6, 6.07) is 10.1. The monoisotopic (exact) mass is 329 g/mol. The van der Waals surface area contributed by atoms with Crippen molar-refractivity contribution in [3.8, 4) is 0 Å².